The molecular weight excluding hydrogens is 825 g/mol. The van der Waals surface area contributed by atoms with Crippen molar-refractivity contribution in [2.75, 3.05) is 70.0 Å². The number of hydrogen-bond acceptors (Lipinski definition) is 12. The average Bonchev–Trinajstić information content (AvgIpc) is 3.75. The molecule has 0 spiro atoms. The maximum atomic E-state index is 14.1. The van der Waals surface area contributed by atoms with Gasteiger partial charge in [-0.1, -0.05) is 45.4 Å². The molecule has 1 aliphatic rings. The lowest BCUT2D eigenvalue weighted by molar-refractivity contribution is -0.158. The smallest absolute Gasteiger partial charge is 0.323 e. The van der Waals surface area contributed by atoms with Gasteiger partial charge in [-0.05, 0) is 117 Å². The second-order valence-electron chi connectivity index (χ2n) is 17.4. The summed E-state index contributed by atoms with van der Waals surface area (Å²) in [5, 5.41) is 9.10. The zero-order valence-corrected chi connectivity index (χ0v) is 38.8. The Bertz CT molecular complexity index is 2410. The van der Waals surface area contributed by atoms with Gasteiger partial charge in [0.1, 0.15) is 17.7 Å². The first-order valence-corrected chi connectivity index (χ1v) is 22.5. The Morgan fingerprint density at radius 3 is 2.38 bits per heavy atom. The summed E-state index contributed by atoms with van der Waals surface area (Å²) in [7, 11) is 7.16. The van der Waals surface area contributed by atoms with Gasteiger partial charge in [0.2, 0.25) is 17.7 Å². The van der Waals surface area contributed by atoms with Crippen LogP contribution >= 0.6 is 0 Å². The van der Waals surface area contributed by atoms with Crippen LogP contribution in [0.15, 0.2) is 89.3 Å². The van der Waals surface area contributed by atoms with Gasteiger partial charge in [-0.25, -0.2) is 4.98 Å². The number of aryl methyl sites for hydroxylation is 1. The molecule has 1 aliphatic heterocycles. The van der Waals surface area contributed by atoms with E-state index in [1.807, 2.05) is 124 Å². The van der Waals surface area contributed by atoms with Gasteiger partial charge in [-0.2, -0.15) is 0 Å². The van der Waals surface area contributed by atoms with Crippen molar-refractivity contribution in [3.05, 3.63) is 96.1 Å². The number of piperidine rings is 1. The van der Waals surface area contributed by atoms with Gasteiger partial charge in [-0.15, -0.1) is 0 Å². The Kier molecular flexibility index (Phi) is 16.6. The number of methoxy groups -OCH3 is 2. The molecule has 14 heteroatoms. The summed E-state index contributed by atoms with van der Waals surface area (Å²) < 4.78 is 23.3. The fraction of sp³-hybridized carbons (Fsp3) is 0.431. The first-order valence-electron chi connectivity index (χ1n) is 22.5. The number of nitrogens with zero attached hydrogens (tertiary/aromatic N) is 3. The molecule has 0 radical (unpaired) electrons. The van der Waals surface area contributed by atoms with E-state index in [4.69, 9.17) is 18.6 Å². The number of ether oxygens (including phenoxy) is 3. The monoisotopic (exact) mass is 888 g/mol. The molecule has 14 nitrogen and oxygen atoms in total. The third-order valence-corrected chi connectivity index (χ3v) is 12.2. The Hall–Kier alpha value is -6.41. The number of benzene rings is 4. The zero-order chi connectivity index (χ0) is 46.5. The summed E-state index contributed by atoms with van der Waals surface area (Å²) in [5.41, 5.74) is 5.94. The predicted molar refractivity (Wildman–Crippen MR) is 255 cm³/mol. The fourth-order valence-electron chi connectivity index (χ4n) is 7.72. The number of aromatic nitrogens is 1. The van der Waals surface area contributed by atoms with Gasteiger partial charge < -0.3 is 39.5 Å². The average molecular weight is 889 g/mol. The van der Waals surface area contributed by atoms with E-state index in [9.17, 15) is 19.2 Å². The zero-order valence-electron chi connectivity index (χ0n) is 38.8. The third kappa shape index (κ3) is 13.1. The maximum Gasteiger partial charge on any atom is 0.323 e. The molecule has 1 saturated heterocycles. The summed E-state index contributed by atoms with van der Waals surface area (Å²) in [6.07, 6.45) is 3.44. The number of amides is 2. The van der Waals surface area contributed by atoms with Crippen LogP contribution in [0.1, 0.15) is 82.9 Å². The molecule has 1 aromatic heterocycles. The molecule has 65 heavy (non-hydrogen) atoms. The summed E-state index contributed by atoms with van der Waals surface area (Å²) >= 11 is 0. The van der Waals surface area contributed by atoms with Crippen LogP contribution in [0.3, 0.4) is 0 Å². The minimum Gasteiger partial charge on any atom is -0.493 e. The van der Waals surface area contributed by atoms with Gasteiger partial charge in [-0.3, -0.25) is 24.1 Å². The summed E-state index contributed by atoms with van der Waals surface area (Å²) in [6, 6.07) is 26.1. The van der Waals surface area contributed by atoms with Crippen LogP contribution in [0.2, 0.25) is 0 Å². The second kappa shape index (κ2) is 22.5. The van der Waals surface area contributed by atoms with E-state index in [1.54, 1.807) is 20.3 Å². The Morgan fingerprint density at radius 1 is 0.877 bits per heavy atom. The van der Waals surface area contributed by atoms with E-state index < -0.39 is 17.6 Å². The normalized spacial score (nSPS) is 14.6. The van der Waals surface area contributed by atoms with Crippen molar-refractivity contribution in [1.29, 1.82) is 0 Å². The largest absolute Gasteiger partial charge is 0.493 e. The van der Waals surface area contributed by atoms with Crippen molar-refractivity contribution in [3.8, 4) is 23.0 Å². The minimum absolute atomic E-state index is 0.0100. The fourth-order valence-corrected chi connectivity index (χ4v) is 7.72. The number of oxazole rings is 1. The van der Waals surface area contributed by atoms with E-state index in [0.717, 1.165) is 40.9 Å². The van der Waals surface area contributed by atoms with Crippen molar-refractivity contribution >= 4 is 51.7 Å². The number of Topliss-reactive ketones (excluding diaryl/α,β-unsaturated/α-hetero) is 1. The van der Waals surface area contributed by atoms with Crippen molar-refractivity contribution in [3.63, 3.8) is 0 Å². The van der Waals surface area contributed by atoms with Crippen LogP contribution < -0.4 is 30.3 Å². The van der Waals surface area contributed by atoms with E-state index >= 15 is 0 Å². The molecule has 0 aliphatic carbocycles. The summed E-state index contributed by atoms with van der Waals surface area (Å²) in [6.45, 7) is 7.57. The van der Waals surface area contributed by atoms with Crippen LogP contribution in [-0.2, 0) is 30.3 Å². The van der Waals surface area contributed by atoms with Crippen LogP contribution in [-0.4, -0.2) is 94.0 Å². The predicted octanol–water partition coefficient (Wildman–Crippen LogP) is 8.60. The quantitative estimate of drug-likeness (QED) is 0.0449. The molecule has 5 aromatic rings. The highest BCUT2D eigenvalue weighted by molar-refractivity contribution is 5.93. The van der Waals surface area contributed by atoms with E-state index in [-0.39, 0.29) is 43.0 Å². The van der Waals surface area contributed by atoms with Crippen molar-refractivity contribution in [2.24, 2.45) is 5.41 Å². The third-order valence-electron chi connectivity index (χ3n) is 12.2. The lowest BCUT2D eigenvalue weighted by Crippen LogP contribution is -2.49. The lowest BCUT2D eigenvalue weighted by atomic mass is 9.84. The lowest BCUT2D eigenvalue weighted by Gasteiger charge is -2.36. The first-order chi connectivity index (χ1) is 31.3. The Balaban J connectivity index is 1.02. The molecular formula is C51H64N6O8. The molecule has 1 fully saturated rings. The number of esters is 1. The second-order valence-corrected chi connectivity index (χ2v) is 17.4. The highest BCUT2D eigenvalue weighted by atomic mass is 16.5. The van der Waals surface area contributed by atoms with Gasteiger partial charge in [0.15, 0.2) is 22.9 Å². The van der Waals surface area contributed by atoms with Crippen LogP contribution in [0.4, 0.5) is 17.1 Å². The number of nitrogens with one attached hydrogen (secondary N) is 3. The molecule has 6 rings (SSSR count). The van der Waals surface area contributed by atoms with Crippen molar-refractivity contribution in [1.82, 2.24) is 15.2 Å². The SMILES string of the molecule is CCC(C)(C)C(=O)CN1CCCCC1C(=O)OC(CCc1ccc(OC)c(OC)c1)c1cccc(NC(=O)CCC(=O)NCCNc2ccc3oc(-c4ccc(N(C)C)cc4)nc3c2)c1. The summed E-state index contributed by atoms with van der Waals surface area (Å²) in [5.74, 6) is 0.940. The summed E-state index contributed by atoms with van der Waals surface area (Å²) in [4.78, 5) is 61.8. The van der Waals surface area contributed by atoms with E-state index in [1.165, 1.54) is 0 Å². The molecule has 0 saturated carbocycles. The molecule has 2 amide bonds. The number of carbonyl (C=O) groups excluding carboxylic acids is 4. The minimum atomic E-state index is -0.653. The molecule has 4 aromatic carbocycles. The van der Waals surface area contributed by atoms with Crippen molar-refractivity contribution < 1.29 is 37.8 Å². The first kappa shape index (κ1) is 48.1. The number of carbonyl (C=O) groups is 4. The Morgan fingerprint density at radius 2 is 1.65 bits per heavy atom. The number of likely N-dealkylation sites (tertiary alicyclic amines) is 1. The van der Waals surface area contributed by atoms with Gasteiger partial charge in [0.25, 0.3) is 0 Å². The molecule has 346 valence electrons. The number of rotatable bonds is 22. The van der Waals surface area contributed by atoms with E-state index in [2.05, 4.69) is 20.9 Å². The number of ketones is 1. The number of anilines is 3. The van der Waals surface area contributed by atoms with E-state index in [0.29, 0.717) is 79.5 Å². The van der Waals surface area contributed by atoms with Gasteiger partial charge >= 0.3 is 5.97 Å². The molecule has 2 heterocycles. The van der Waals surface area contributed by atoms with Gasteiger partial charge in [0, 0.05) is 68.1 Å². The number of hydrogen-bond donors (Lipinski definition) is 3. The topological polar surface area (TPSA) is 165 Å². The molecule has 2 unspecified atom stereocenters. The molecule has 2 atom stereocenters. The Labute approximate surface area is 382 Å². The molecule has 0 bridgehead atoms. The van der Waals surface area contributed by atoms with Crippen LogP contribution in [0.5, 0.6) is 11.5 Å². The highest BCUT2D eigenvalue weighted by Crippen LogP contribution is 2.33. The van der Waals surface area contributed by atoms with Crippen molar-refractivity contribution in [2.45, 2.75) is 84.3 Å². The van der Waals surface area contributed by atoms with Crippen LogP contribution in [0, 0.1) is 5.41 Å². The van der Waals surface area contributed by atoms with Crippen LogP contribution in [0.25, 0.3) is 22.6 Å². The highest BCUT2D eigenvalue weighted by Gasteiger charge is 2.36. The molecule has 3 N–H and O–H groups in total. The van der Waals surface area contributed by atoms with Gasteiger partial charge in [0.05, 0.1) is 20.8 Å². The standard InChI is InChI=1S/C51H64N6O8/c1-8-51(2,3)46(58)33-57-29-10-9-14-41(57)50(61)65-42(22-15-34-16-23-44(62-6)45(30-34)63-7)36-12-11-13-38(31-36)54-48(60)26-25-47(59)53-28-27-52-37-19-24-43-40(32-37)55-49(64-43)35-17-20-39(21-18-35)56(4)5/h11-13,16-21,23-24,30-32,41-42,52H,8-10,14-15,22,25-29,33H2,1-7H3,(H,53,59)(H,54,60). The number of fused-ring (bicyclic) bond motifs is 1. The maximum absolute atomic E-state index is 14.1.